The van der Waals surface area contributed by atoms with Crippen LogP contribution in [-0.4, -0.2) is 26.3 Å². The van der Waals surface area contributed by atoms with Gasteiger partial charge < -0.3 is 15.4 Å². The number of benzene rings is 1. The third-order valence-corrected chi connectivity index (χ3v) is 3.44. The lowest BCUT2D eigenvalue weighted by molar-refractivity contribution is -0.137. The number of anilines is 1. The fourth-order valence-electron chi connectivity index (χ4n) is 2.26. The van der Waals surface area contributed by atoms with Gasteiger partial charge in [0.25, 0.3) is 0 Å². The molecule has 0 heterocycles. The SMILES string of the molecule is COCCN(c1ccc(CN)cc1C(F)(F)F)C1CC1. The van der Waals surface area contributed by atoms with Crippen LogP contribution in [0.1, 0.15) is 24.0 Å². The maximum absolute atomic E-state index is 13.2. The number of rotatable bonds is 6. The summed E-state index contributed by atoms with van der Waals surface area (Å²) in [7, 11) is 1.55. The van der Waals surface area contributed by atoms with Crippen molar-refractivity contribution in [3.63, 3.8) is 0 Å². The molecule has 1 aromatic carbocycles. The Balaban J connectivity index is 2.37. The summed E-state index contributed by atoms with van der Waals surface area (Å²) in [6.45, 7) is 0.976. The summed E-state index contributed by atoms with van der Waals surface area (Å²) in [6.07, 6.45) is -2.51. The maximum atomic E-state index is 13.2. The van der Waals surface area contributed by atoms with E-state index in [0.29, 0.717) is 18.7 Å². The van der Waals surface area contributed by atoms with Crippen molar-refractivity contribution in [2.45, 2.75) is 31.6 Å². The number of halogens is 3. The zero-order valence-corrected chi connectivity index (χ0v) is 11.4. The van der Waals surface area contributed by atoms with Crippen molar-refractivity contribution < 1.29 is 17.9 Å². The Morgan fingerprint density at radius 1 is 1.35 bits per heavy atom. The Morgan fingerprint density at radius 2 is 2.05 bits per heavy atom. The van der Waals surface area contributed by atoms with E-state index >= 15 is 0 Å². The van der Waals surface area contributed by atoms with Crippen molar-refractivity contribution in [3.8, 4) is 0 Å². The smallest absolute Gasteiger partial charge is 0.383 e. The molecular formula is C14H19F3N2O. The summed E-state index contributed by atoms with van der Waals surface area (Å²) < 4.78 is 44.7. The van der Waals surface area contributed by atoms with Crippen LogP contribution in [0.25, 0.3) is 0 Å². The molecule has 0 amide bonds. The number of methoxy groups -OCH3 is 1. The van der Waals surface area contributed by atoms with Crippen LogP contribution in [-0.2, 0) is 17.5 Å². The molecule has 1 fully saturated rings. The minimum atomic E-state index is -4.37. The van der Waals surface area contributed by atoms with E-state index in [9.17, 15) is 13.2 Å². The molecule has 1 aliphatic rings. The summed E-state index contributed by atoms with van der Waals surface area (Å²) in [5.41, 5.74) is 5.55. The van der Waals surface area contributed by atoms with Crippen molar-refractivity contribution in [1.82, 2.24) is 0 Å². The second-order valence-corrected chi connectivity index (χ2v) is 4.97. The zero-order chi connectivity index (χ0) is 14.8. The predicted molar refractivity (Wildman–Crippen MR) is 71.6 cm³/mol. The highest BCUT2D eigenvalue weighted by molar-refractivity contribution is 5.58. The molecule has 0 saturated heterocycles. The zero-order valence-electron chi connectivity index (χ0n) is 11.4. The van der Waals surface area contributed by atoms with E-state index in [1.165, 1.54) is 6.07 Å². The van der Waals surface area contributed by atoms with E-state index in [1.54, 1.807) is 18.1 Å². The minimum Gasteiger partial charge on any atom is -0.383 e. The average Bonchev–Trinajstić information content (AvgIpc) is 3.23. The summed E-state index contributed by atoms with van der Waals surface area (Å²) in [4.78, 5) is 1.80. The molecule has 0 aliphatic heterocycles. The molecule has 0 unspecified atom stereocenters. The van der Waals surface area contributed by atoms with E-state index in [2.05, 4.69) is 0 Å². The first kappa shape index (κ1) is 15.1. The number of hydrogen-bond acceptors (Lipinski definition) is 3. The van der Waals surface area contributed by atoms with Crippen LogP contribution in [0.5, 0.6) is 0 Å². The molecule has 0 aromatic heterocycles. The summed E-state index contributed by atoms with van der Waals surface area (Å²) in [5.74, 6) is 0. The molecule has 1 aromatic rings. The van der Waals surface area contributed by atoms with Crippen LogP contribution in [0.4, 0.5) is 18.9 Å². The van der Waals surface area contributed by atoms with E-state index in [1.807, 2.05) is 0 Å². The fraction of sp³-hybridized carbons (Fsp3) is 0.571. The Labute approximate surface area is 116 Å². The minimum absolute atomic E-state index is 0.102. The number of ether oxygens (including phenoxy) is 1. The molecule has 0 radical (unpaired) electrons. The molecule has 1 aliphatic carbocycles. The monoisotopic (exact) mass is 288 g/mol. The Hall–Kier alpha value is -1.27. The third kappa shape index (κ3) is 3.43. The highest BCUT2D eigenvalue weighted by atomic mass is 19.4. The number of nitrogens with two attached hydrogens (primary N) is 1. The lowest BCUT2D eigenvalue weighted by Crippen LogP contribution is -2.31. The van der Waals surface area contributed by atoms with Crippen molar-refractivity contribution >= 4 is 5.69 Å². The van der Waals surface area contributed by atoms with E-state index in [-0.39, 0.29) is 18.3 Å². The van der Waals surface area contributed by atoms with Gasteiger partial charge in [-0.1, -0.05) is 6.07 Å². The lowest BCUT2D eigenvalue weighted by Gasteiger charge is -2.28. The summed E-state index contributed by atoms with van der Waals surface area (Å²) in [5, 5.41) is 0. The Morgan fingerprint density at radius 3 is 2.55 bits per heavy atom. The summed E-state index contributed by atoms with van der Waals surface area (Å²) >= 11 is 0. The highest BCUT2D eigenvalue weighted by Crippen LogP contribution is 2.41. The van der Waals surface area contributed by atoms with Crippen molar-refractivity contribution in [2.24, 2.45) is 5.73 Å². The summed E-state index contributed by atoms with van der Waals surface area (Å²) in [6, 6.07) is 4.53. The van der Waals surface area contributed by atoms with Gasteiger partial charge in [0.05, 0.1) is 12.2 Å². The topological polar surface area (TPSA) is 38.5 Å². The van der Waals surface area contributed by atoms with Crippen LogP contribution < -0.4 is 10.6 Å². The van der Waals surface area contributed by atoms with Crippen molar-refractivity contribution in [3.05, 3.63) is 29.3 Å². The molecule has 20 heavy (non-hydrogen) atoms. The van der Waals surface area contributed by atoms with Crippen molar-refractivity contribution in [2.75, 3.05) is 25.2 Å². The number of nitrogens with zero attached hydrogens (tertiary/aromatic N) is 1. The molecule has 0 spiro atoms. The van der Waals surface area contributed by atoms with Gasteiger partial charge in [-0.15, -0.1) is 0 Å². The molecule has 3 nitrogen and oxygen atoms in total. The van der Waals surface area contributed by atoms with Crippen molar-refractivity contribution in [1.29, 1.82) is 0 Å². The van der Waals surface area contributed by atoms with Gasteiger partial charge in [0.15, 0.2) is 0 Å². The van der Waals surface area contributed by atoms with Gasteiger partial charge in [-0.3, -0.25) is 0 Å². The predicted octanol–water partition coefficient (Wildman–Crippen LogP) is 2.78. The third-order valence-electron chi connectivity index (χ3n) is 3.44. The largest absolute Gasteiger partial charge is 0.418 e. The van der Waals surface area contributed by atoms with Gasteiger partial charge in [0.2, 0.25) is 0 Å². The molecule has 112 valence electrons. The van der Waals surface area contributed by atoms with Crippen LogP contribution >= 0.6 is 0 Å². The van der Waals surface area contributed by atoms with E-state index in [4.69, 9.17) is 10.5 Å². The number of hydrogen-bond donors (Lipinski definition) is 1. The second-order valence-electron chi connectivity index (χ2n) is 4.97. The first-order chi connectivity index (χ1) is 9.47. The maximum Gasteiger partial charge on any atom is 0.418 e. The van der Waals surface area contributed by atoms with Gasteiger partial charge in [-0.05, 0) is 30.5 Å². The normalized spacial score (nSPS) is 15.4. The lowest BCUT2D eigenvalue weighted by atomic mass is 10.1. The van der Waals surface area contributed by atoms with Gasteiger partial charge in [-0.25, -0.2) is 0 Å². The standard InChI is InChI=1S/C14H19F3N2O/c1-20-7-6-19(11-3-4-11)13-5-2-10(9-18)8-12(13)14(15,16)17/h2,5,8,11H,3-4,6-7,9,18H2,1H3. The first-order valence-electron chi connectivity index (χ1n) is 6.63. The highest BCUT2D eigenvalue weighted by Gasteiger charge is 2.38. The average molecular weight is 288 g/mol. The van der Waals surface area contributed by atoms with Gasteiger partial charge in [0.1, 0.15) is 0 Å². The van der Waals surface area contributed by atoms with E-state index in [0.717, 1.165) is 18.9 Å². The molecule has 6 heteroatoms. The fourth-order valence-corrected chi connectivity index (χ4v) is 2.26. The first-order valence-corrected chi connectivity index (χ1v) is 6.63. The van der Waals surface area contributed by atoms with E-state index < -0.39 is 11.7 Å². The van der Waals surface area contributed by atoms with Gasteiger partial charge in [0, 0.05) is 31.9 Å². The quantitative estimate of drug-likeness (QED) is 0.874. The molecular weight excluding hydrogens is 269 g/mol. The molecule has 2 N–H and O–H groups in total. The van der Waals surface area contributed by atoms with Crippen LogP contribution in [0.2, 0.25) is 0 Å². The van der Waals surface area contributed by atoms with Crippen LogP contribution in [0.3, 0.4) is 0 Å². The molecule has 1 saturated carbocycles. The molecule has 0 atom stereocenters. The molecule has 2 rings (SSSR count). The van der Waals surface area contributed by atoms with Crippen LogP contribution in [0.15, 0.2) is 18.2 Å². The second kappa shape index (κ2) is 6.01. The number of alkyl halides is 3. The van der Waals surface area contributed by atoms with Gasteiger partial charge in [-0.2, -0.15) is 13.2 Å². The molecule has 0 bridgehead atoms. The van der Waals surface area contributed by atoms with Gasteiger partial charge >= 0.3 is 6.18 Å². The Bertz CT molecular complexity index is 458. The Kier molecular flexibility index (Phi) is 4.55. The van der Waals surface area contributed by atoms with Crippen LogP contribution in [0, 0.1) is 0 Å².